The van der Waals surface area contributed by atoms with Crippen LogP contribution in [-0.4, -0.2) is 46.4 Å². The number of nitrogens with zero attached hydrogens (tertiary/aromatic N) is 3. The van der Waals surface area contributed by atoms with Gasteiger partial charge in [0.25, 0.3) is 0 Å². The molecular formula is C26H20N4O5S2. The van der Waals surface area contributed by atoms with E-state index in [1.165, 1.54) is 24.3 Å². The second-order valence-electron chi connectivity index (χ2n) is 8.33. The molecule has 1 heterocycles. The Kier molecular flexibility index (Phi) is 6.48. The molecule has 1 aromatic heterocycles. The number of hydrogen-bond acceptors (Lipinski definition) is 8. The number of rotatable bonds is 7. The van der Waals surface area contributed by atoms with Crippen LogP contribution in [0.1, 0.15) is 37.7 Å². The molecule has 0 aliphatic heterocycles. The number of carbonyl (C=O) groups excluding carboxylic acids is 3. The summed E-state index contributed by atoms with van der Waals surface area (Å²) in [5.41, 5.74) is 1.64. The molecule has 0 radical (unpaired) electrons. The van der Waals surface area contributed by atoms with Crippen LogP contribution in [0.3, 0.4) is 0 Å². The number of hydrogen-bond donors (Lipinski definition) is 1. The van der Waals surface area contributed by atoms with E-state index in [0.717, 1.165) is 11.8 Å². The van der Waals surface area contributed by atoms with Crippen molar-refractivity contribution in [1.82, 2.24) is 14.8 Å². The summed E-state index contributed by atoms with van der Waals surface area (Å²) < 4.78 is 26.8. The Morgan fingerprint density at radius 2 is 1.49 bits per heavy atom. The van der Waals surface area contributed by atoms with Crippen LogP contribution in [0.25, 0.3) is 0 Å². The molecule has 4 aromatic rings. The Labute approximate surface area is 216 Å². The Hall–Kier alpha value is -4.09. The first-order valence-corrected chi connectivity index (χ1v) is 13.8. The molecule has 0 fully saturated rings. The highest BCUT2D eigenvalue weighted by Crippen LogP contribution is 2.29. The molecule has 1 amide bonds. The molecule has 0 saturated carbocycles. The van der Waals surface area contributed by atoms with E-state index >= 15 is 0 Å². The van der Waals surface area contributed by atoms with E-state index in [1.807, 2.05) is 0 Å². The van der Waals surface area contributed by atoms with Crippen molar-refractivity contribution < 1.29 is 22.8 Å². The van der Waals surface area contributed by atoms with Gasteiger partial charge in [-0.3, -0.25) is 14.4 Å². The molecule has 5 rings (SSSR count). The number of benzene rings is 3. The number of nitrogens with one attached hydrogen (secondary N) is 1. The van der Waals surface area contributed by atoms with Crippen molar-refractivity contribution in [2.24, 2.45) is 7.05 Å². The normalized spacial score (nSPS) is 12.7. The highest BCUT2D eigenvalue weighted by Gasteiger charge is 2.29. The van der Waals surface area contributed by atoms with Crippen LogP contribution in [0.15, 0.2) is 82.8 Å². The van der Waals surface area contributed by atoms with Gasteiger partial charge >= 0.3 is 0 Å². The van der Waals surface area contributed by atoms with E-state index in [2.05, 4.69) is 15.5 Å². The molecule has 0 saturated heterocycles. The monoisotopic (exact) mass is 532 g/mol. The van der Waals surface area contributed by atoms with Crippen molar-refractivity contribution in [1.29, 1.82) is 0 Å². The molecule has 37 heavy (non-hydrogen) atoms. The molecule has 0 unspecified atom stereocenters. The summed E-state index contributed by atoms with van der Waals surface area (Å²) in [6.45, 7) is 0. The Balaban J connectivity index is 1.24. The fraction of sp³-hybridized carbons (Fsp3) is 0.115. The minimum Gasteiger partial charge on any atom is -0.325 e. The number of carbonyl (C=O) groups is 3. The van der Waals surface area contributed by atoms with E-state index in [0.29, 0.717) is 27.5 Å². The molecule has 1 aliphatic carbocycles. The van der Waals surface area contributed by atoms with E-state index in [4.69, 9.17) is 0 Å². The maximum absolute atomic E-state index is 12.9. The highest BCUT2D eigenvalue weighted by atomic mass is 32.2. The topological polar surface area (TPSA) is 128 Å². The largest absolute Gasteiger partial charge is 0.325 e. The van der Waals surface area contributed by atoms with Crippen LogP contribution in [0, 0.1) is 0 Å². The predicted molar refractivity (Wildman–Crippen MR) is 137 cm³/mol. The van der Waals surface area contributed by atoms with Crippen LogP contribution < -0.4 is 5.32 Å². The third-order valence-corrected chi connectivity index (χ3v) is 8.54. The average Bonchev–Trinajstić information content (AvgIpc) is 3.24. The molecule has 0 atom stereocenters. The average molecular weight is 533 g/mol. The number of sulfone groups is 1. The first kappa shape index (κ1) is 24.6. The Bertz CT molecular complexity index is 1660. The number of fused-ring (bicyclic) bond motifs is 2. The molecule has 1 aliphatic rings. The summed E-state index contributed by atoms with van der Waals surface area (Å²) in [7, 11) is -1.95. The van der Waals surface area contributed by atoms with Gasteiger partial charge in [-0.25, -0.2) is 8.42 Å². The van der Waals surface area contributed by atoms with Crippen LogP contribution in [-0.2, 0) is 27.4 Å². The summed E-state index contributed by atoms with van der Waals surface area (Å²) in [5.74, 6) is -0.951. The first-order chi connectivity index (χ1) is 17.7. The summed E-state index contributed by atoms with van der Waals surface area (Å²) in [6, 6.07) is 19.4. The van der Waals surface area contributed by atoms with Gasteiger partial charge in [-0.2, -0.15) is 0 Å². The van der Waals surface area contributed by atoms with Crippen molar-refractivity contribution >= 4 is 44.8 Å². The van der Waals surface area contributed by atoms with Gasteiger partial charge in [-0.05, 0) is 30.3 Å². The number of amides is 1. The maximum Gasteiger partial charge on any atom is 0.234 e. The predicted octanol–water partition coefficient (Wildman–Crippen LogP) is 3.30. The number of ketones is 2. The second kappa shape index (κ2) is 9.75. The van der Waals surface area contributed by atoms with E-state index in [-0.39, 0.29) is 45.3 Å². The third-order valence-electron chi connectivity index (χ3n) is 5.89. The third kappa shape index (κ3) is 4.83. The van der Waals surface area contributed by atoms with E-state index in [1.54, 1.807) is 60.1 Å². The van der Waals surface area contributed by atoms with Gasteiger partial charge in [0.2, 0.25) is 5.91 Å². The lowest BCUT2D eigenvalue weighted by molar-refractivity contribution is -0.113. The van der Waals surface area contributed by atoms with Gasteiger partial charge in [0.1, 0.15) is 11.6 Å². The number of thioether (sulfide) groups is 1. The zero-order valence-corrected chi connectivity index (χ0v) is 21.2. The van der Waals surface area contributed by atoms with E-state index < -0.39 is 9.84 Å². The summed E-state index contributed by atoms with van der Waals surface area (Å²) in [6.07, 6.45) is 0. The second-order valence-corrected chi connectivity index (χ2v) is 11.3. The van der Waals surface area contributed by atoms with Crippen LogP contribution in [0.5, 0.6) is 0 Å². The molecule has 1 N–H and O–H groups in total. The fourth-order valence-corrected chi connectivity index (χ4v) is 6.04. The van der Waals surface area contributed by atoms with Crippen molar-refractivity contribution in [3.63, 3.8) is 0 Å². The van der Waals surface area contributed by atoms with Gasteiger partial charge in [0.15, 0.2) is 26.6 Å². The van der Waals surface area contributed by atoms with Gasteiger partial charge < -0.3 is 9.88 Å². The van der Waals surface area contributed by atoms with Gasteiger partial charge in [0, 0.05) is 35.0 Å². The van der Waals surface area contributed by atoms with Crippen LogP contribution in [0.2, 0.25) is 0 Å². The summed E-state index contributed by atoms with van der Waals surface area (Å²) in [4.78, 5) is 38.4. The zero-order valence-electron chi connectivity index (χ0n) is 19.5. The van der Waals surface area contributed by atoms with Gasteiger partial charge in [0.05, 0.1) is 10.6 Å². The SMILES string of the molecule is Cn1c(CS(=O)(=O)c2ccccc2)nnc1SCC(=O)Nc1ccc2c(c1)C(=O)c1ccccc1C2=O. The molecule has 0 bridgehead atoms. The molecule has 0 spiro atoms. The maximum atomic E-state index is 12.9. The molecule has 3 aromatic carbocycles. The quantitative estimate of drug-likeness (QED) is 0.316. The Morgan fingerprint density at radius 3 is 2.19 bits per heavy atom. The standard InChI is InChI=1S/C26H20N4O5S2/c1-30-22(15-37(34,35)17-7-3-2-4-8-17)28-29-26(30)36-14-23(31)27-16-11-12-20-21(13-16)25(33)19-10-6-5-9-18(19)24(20)32/h2-13H,14-15H2,1H3,(H,27,31). The summed E-state index contributed by atoms with van der Waals surface area (Å²) in [5, 5.41) is 11.1. The van der Waals surface area contributed by atoms with Gasteiger partial charge in [-0.1, -0.05) is 54.2 Å². The van der Waals surface area contributed by atoms with Crippen molar-refractivity contribution in [2.45, 2.75) is 15.8 Å². The lowest BCUT2D eigenvalue weighted by Crippen LogP contribution is -2.21. The fourth-order valence-electron chi connectivity index (χ4n) is 3.98. The Morgan fingerprint density at radius 1 is 0.865 bits per heavy atom. The smallest absolute Gasteiger partial charge is 0.234 e. The molecular weight excluding hydrogens is 512 g/mol. The van der Waals surface area contributed by atoms with Crippen molar-refractivity contribution in [2.75, 3.05) is 11.1 Å². The molecule has 186 valence electrons. The minimum atomic E-state index is -3.59. The first-order valence-electron chi connectivity index (χ1n) is 11.2. The highest BCUT2D eigenvalue weighted by molar-refractivity contribution is 7.99. The lowest BCUT2D eigenvalue weighted by atomic mass is 9.84. The van der Waals surface area contributed by atoms with E-state index in [9.17, 15) is 22.8 Å². The van der Waals surface area contributed by atoms with Gasteiger partial charge in [-0.15, -0.1) is 10.2 Å². The van der Waals surface area contributed by atoms with Crippen LogP contribution >= 0.6 is 11.8 Å². The summed E-state index contributed by atoms with van der Waals surface area (Å²) >= 11 is 1.10. The minimum absolute atomic E-state index is 0.0236. The van der Waals surface area contributed by atoms with Crippen molar-refractivity contribution in [3.05, 3.63) is 101 Å². The zero-order chi connectivity index (χ0) is 26.2. The van der Waals surface area contributed by atoms with Crippen LogP contribution in [0.4, 0.5) is 5.69 Å². The number of aromatic nitrogens is 3. The molecule has 9 nitrogen and oxygen atoms in total. The lowest BCUT2D eigenvalue weighted by Gasteiger charge is -2.18. The van der Waals surface area contributed by atoms with Crippen molar-refractivity contribution in [3.8, 4) is 0 Å². The number of anilines is 1. The molecule has 11 heteroatoms.